The van der Waals surface area contributed by atoms with Crippen molar-refractivity contribution in [3.8, 4) is 0 Å². The Morgan fingerprint density at radius 1 is 1.29 bits per heavy atom. The van der Waals surface area contributed by atoms with Gasteiger partial charge in [0.1, 0.15) is 0 Å². The van der Waals surface area contributed by atoms with Gasteiger partial charge >= 0.3 is 6.09 Å². The molecule has 7 nitrogen and oxygen atoms in total. The van der Waals surface area contributed by atoms with E-state index in [1.54, 1.807) is 24.4 Å². The number of hydrogen-bond donors (Lipinski definition) is 2. The Morgan fingerprint density at radius 3 is 2.92 bits per heavy atom. The van der Waals surface area contributed by atoms with Gasteiger partial charge in [0.15, 0.2) is 0 Å². The van der Waals surface area contributed by atoms with Crippen molar-refractivity contribution in [2.75, 3.05) is 12.8 Å². The number of carbonyl (C=O) groups excluding carboxylic acids is 2. The van der Waals surface area contributed by atoms with E-state index in [2.05, 4.69) is 15.0 Å². The first kappa shape index (κ1) is 15.5. The fourth-order valence-corrected chi connectivity index (χ4v) is 2.47. The molecular weight excluding hydrogens is 308 g/mol. The number of carbonyl (C=O) groups is 2. The van der Waals surface area contributed by atoms with Gasteiger partial charge in [-0.25, -0.2) is 4.79 Å². The molecule has 0 spiro atoms. The number of fused-ring (bicyclic) bond motifs is 1. The number of aromatic nitrogens is 2. The zero-order chi connectivity index (χ0) is 17.1. The monoisotopic (exact) mass is 324 g/mol. The molecule has 3 aromatic rings. The first-order chi connectivity index (χ1) is 11.6. The molecule has 0 atom stereocenters. The van der Waals surface area contributed by atoms with Crippen molar-refractivity contribution in [1.82, 2.24) is 14.9 Å². The number of para-hydroxylation sites is 1. The number of rotatable bonds is 3. The SMILES string of the molecule is COC(=O)NCc1cc(C(=O)n2ccc3cccc(N)c32)ccn1. The second-order valence-electron chi connectivity index (χ2n) is 5.16. The third-order valence-corrected chi connectivity index (χ3v) is 3.62. The molecule has 0 aliphatic carbocycles. The van der Waals surface area contributed by atoms with E-state index in [1.807, 2.05) is 18.2 Å². The molecule has 0 bridgehead atoms. The Kier molecular flexibility index (Phi) is 4.15. The lowest BCUT2D eigenvalue weighted by Gasteiger charge is -2.08. The van der Waals surface area contributed by atoms with Crippen LogP contribution in [0.25, 0.3) is 10.9 Å². The number of benzene rings is 1. The number of nitrogens with one attached hydrogen (secondary N) is 1. The zero-order valence-corrected chi connectivity index (χ0v) is 13.0. The average molecular weight is 324 g/mol. The molecule has 0 aliphatic heterocycles. The Morgan fingerprint density at radius 2 is 2.12 bits per heavy atom. The summed E-state index contributed by atoms with van der Waals surface area (Å²) in [7, 11) is 1.28. The first-order valence-corrected chi connectivity index (χ1v) is 7.27. The molecule has 122 valence electrons. The number of nitrogens with two attached hydrogens (primary N) is 1. The number of anilines is 1. The first-order valence-electron chi connectivity index (χ1n) is 7.27. The van der Waals surface area contributed by atoms with Gasteiger partial charge in [0, 0.05) is 23.3 Å². The van der Waals surface area contributed by atoms with Crippen molar-refractivity contribution in [2.24, 2.45) is 0 Å². The lowest BCUT2D eigenvalue weighted by Crippen LogP contribution is -2.23. The lowest BCUT2D eigenvalue weighted by molar-refractivity contribution is 0.0965. The molecule has 2 heterocycles. The lowest BCUT2D eigenvalue weighted by atomic mass is 10.2. The summed E-state index contributed by atoms with van der Waals surface area (Å²) in [6, 6.07) is 10.6. The van der Waals surface area contributed by atoms with Crippen molar-refractivity contribution in [2.45, 2.75) is 6.54 Å². The fourth-order valence-electron chi connectivity index (χ4n) is 2.47. The van der Waals surface area contributed by atoms with E-state index in [1.165, 1.54) is 17.9 Å². The molecule has 0 radical (unpaired) electrons. The molecule has 0 saturated heterocycles. The average Bonchev–Trinajstić information content (AvgIpc) is 3.04. The highest BCUT2D eigenvalue weighted by molar-refractivity contribution is 6.05. The molecule has 3 rings (SSSR count). The molecule has 24 heavy (non-hydrogen) atoms. The van der Waals surface area contributed by atoms with Crippen molar-refractivity contribution in [1.29, 1.82) is 0 Å². The number of nitrogen functional groups attached to an aromatic ring is 1. The minimum absolute atomic E-state index is 0.169. The standard InChI is InChI=1S/C17H16N4O3/c1-24-17(23)20-10-13-9-12(5-7-19-13)16(22)21-8-6-11-3-2-4-14(18)15(11)21/h2-9H,10,18H2,1H3,(H,20,23). The summed E-state index contributed by atoms with van der Waals surface area (Å²) in [5.74, 6) is -0.218. The molecule has 0 unspecified atom stereocenters. The van der Waals surface area contributed by atoms with Gasteiger partial charge in [0.05, 0.1) is 30.6 Å². The van der Waals surface area contributed by atoms with Crippen LogP contribution in [0.3, 0.4) is 0 Å². The van der Waals surface area contributed by atoms with Crippen LogP contribution in [0.5, 0.6) is 0 Å². The third kappa shape index (κ3) is 2.91. The predicted octanol–water partition coefficient (Wildman–Crippen LogP) is 2.16. The van der Waals surface area contributed by atoms with Crippen LogP contribution in [-0.2, 0) is 11.3 Å². The van der Waals surface area contributed by atoms with Gasteiger partial charge in [0.2, 0.25) is 0 Å². The summed E-state index contributed by atoms with van der Waals surface area (Å²) in [6.07, 6.45) is 2.66. The predicted molar refractivity (Wildman–Crippen MR) is 89.6 cm³/mol. The summed E-state index contributed by atoms with van der Waals surface area (Å²) in [5, 5.41) is 3.42. The Hall–Kier alpha value is -3.35. The molecule has 7 heteroatoms. The largest absolute Gasteiger partial charge is 0.453 e. The van der Waals surface area contributed by atoms with Crippen LogP contribution in [0.1, 0.15) is 16.1 Å². The Bertz CT molecular complexity index is 917. The van der Waals surface area contributed by atoms with Crippen LogP contribution >= 0.6 is 0 Å². The van der Waals surface area contributed by atoms with E-state index in [0.717, 1.165) is 5.39 Å². The molecule has 1 amide bonds. The van der Waals surface area contributed by atoms with E-state index in [0.29, 0.717) is 22.5 Å². The second kappa shape index (κ2) is 6.41. The number of hydrogen-bond acceptors (Lipinski definition) is 5. The van der Waals surface area contributed by atoms with Gasteiger partial charge in [0.25, 0.3) is 5.91 Å². The zero-order valence-electron chi connectivity index (χ0n) is 13.0. The van der Waals surface area contributed by atoms with Gasteiger partial charge in [-0.2, -0.15) is 0 Å². The summed E-state index contributed by atoms with van der Waals surface area (Å²) in [4.78, 5) is 28.0. The van der Waals surface area contributed by atoms with Crippen LogP contribution in [-0.4, -0.2) is 28.7 Å². The summed E-state index contributed by atoms with van der Waals surface area (Å²) in [5.41, 5.74) is 8.21. The summed E-state index contributed by atoms with van der Waals surface area (Å²) < 4.78 is 6.02. The molecule has 0 fully saturated rings. The minimum atomic E-state index is -0.558. The van der Waals surface area contributed by atoms with Gasteiger partial charge in [-0.05, 0) is 24.3 Å². The van der Waals surface area contributed by atoms with E-state index >= 15 is 0 Å². The van der Waals surface area contributed by atoms with Crippen LogP contribution < -0.4 is 11.1 Å². The highest BCUT2D eigenvalue weighted by Crippen LogP contribution is 2.23. The maximum atomic E-state index is 12.8. The van der Waals surface area contributed by atoms with Crippen LogP contribution in [0.4, 0.5) is 10.5 Å². The molecular formula is C17H16N4O3. The van der Waals surface area contributed by atoms with Crippen LogP contribution in [0, 0.1) is 0 Å². The fraction of sp³-hybridized carbons (Fsp3) is 0.118. The van der Waals surface area contributed by atoms with Crippen molar-refractivity contribution in [3.05, 3.63) is 60.0 Å². The summed E-state index contributed by atoms with van der Waals surface area (Å²) in [6.45, 7) is 0.169. The molecule has 3 N–H and O–H groups in total. The van der Waals surface area contributed by atoms with Gasteiger partial charge in [-0.15, -0.1) is 0 Å². The highest BCUT2D eigenvalue weighted by atomic mass is 16.5. The quantitative estimate of drug-likeness (QED) is 0.719. The topological polar surface area (TPSA) is 99.2 Å². The number of pyridine rings is 1. The van der Waals surface area contributed by atoms with Gasteiger partial charge in [-0.3, -0.25) is 14.3 Å². The molecule has 0 aliphatic rings. The number of ether oxygens (including phenoxy) is 1. The van der Waals surface area contributed by atoms with E-state index in [9.17, 15) is 9.59 Å². The third-order valence-electron chi connectivity index (χ3n) is 3.62. The van der Waals surface area contributed by atoms with Gasteiger partial charge < -0.3 is 15.8 Å². The van der Waals surface area contributed by atoms with Crippen LogP contribution in [0.2, 0.25) is 0 Å². The van der Waals surface area contributed by atoms with Crippen molar-refractivity contribution in [3.63, 3.8) is 0 Å². The minimum Gasteiger partial charge on any atom is -0.453 e. The highest BCUT2D eigenvalue weighted by Gasteiger charge is 2.14. The van der Waals surface area contributed by atoms with E-state index in [-0.39, 0.29) is 12.5 Å². The molecule has 0 saturated carbocycles. The van der Waals surface area contributed by atoms with Crippen molar-refractivity contribution >= 4 is 28.6 Å². The van der Waals surface area contributed by atoms with Crippen LogP contribution in [0.15, 0.2) is 48.8 Å². The second-order valence-corrected chi connectivity index (χ2v) is 5.16. The summed E-state index contributed by atoms with van der Waals surface area (Å²) >= 11 is 0. The number of alkyl carbamates (subject to hydrolysis) is 1. The van der Waals surface area contributed by atoms with E-state index in [4.69, 9.17) is 5.73 Å². The number of methoxy groups -OCH3 is 1. The number of nitrogens with zero attached hydrogens (tertiary/aromatic N) is 2. The van der Waals surface area contributed by atoms with E-state index < -0.39 is 6.09 Å². The normalized spacial score (nSPS) is 10.5. The smallest absolute Gasteiger partial charge is 0.407 e. The Labute approximate surface area is 138 Å². The number of amides is 1. The molecule has 2 aromatic heterocycles. The Balaban J connectivity index is 1.91. The molecule has 1 aromatic carbocycles. The maximum Gasteiger partial charge on any atom is 0.407 e. The maximum absolute atomic E-state index is 12.8. The van der Waals surface area contributed by atoms with Gasteiger partial charge in [-0.1, -0.05) is 12.1 Å². The van der Waals surface area contributed by atoms with Crippen molar-refractivity contribution < 1.29 is 14.3 Å².